The minimum absolute atomic E-state index is 0.0921. The van der Waals surface area contributed by atoms with Crippen molar-refractivity contribution in [3.8, 4) is 0 Å². The summed E-state index contributed by atoms with van der Waals surface area (Å²) in [6.07, 6.45) is 7.05. The van der Waals surface area contributed by atoms with Crippen LogP contribution in [0.3, 0.4) is 0 Å². The van der Waals surface area contributed by atoms with E-state index in [2.05, 4.69) is 15.3 Å². The molecule has 1 aliphatic carbocycles. The van der Waals surface area contributed by atoms with E-state index in [4.69, 9.17) is 4.99 Å². The van der Waals surface area contributed by atoms with E-state index < -0.39 is 11.9 Å². The Labute approximate surface area is 182 Å². The van der Waals surface area contributed by atoms with Crippen molar-refractivity contribution in [3.05, 3.63) is 11.6 Å². The molecule has 0 aromatic carbocycles. The van der Waals surface area contributed by atoms with Gasteiger partial charge in [0.05, 0.1) is 19.8 Å². The number of imide groups is 1. The van der Waals surface area contributed by atoms with Crippen LogP contribution in [0.2, 0.25) is 0 Å². The van der Waals surface area contributed by atoms with Crippen LogP contribution in [-0.2, 0) is 9.59 Å². The number of amidine groups is 2. The quantitative estimate of drug-likeness (QED) is 0.714. The molecule has 0 spiro atoms. The summed E-state index contributed by atoms with van der Waals surface area (Å²) in [6, 6.07) is -0.411. The van der Waals surface area contributed by atoms with E-state index in [1.54, 1.807) is 18.6 Å². The predicted octanol–water partition coefficient (Wildman–Crippen LogP) is 2.45. The molecule has 3 heterocycles. The number of carbonyl (C=O) groups excluding carboxylic acids is 3. The van der Waals surface area contributed by atoms with E-state index in [1.165, 1.54) is 41.1 Å². The van der Waals surface area contributed by atoms with Gasteiger partial charge in [0.2, 0.25) is 11.7 Å². The summed E-state index contributed by atoms with van der Waals surface area (Å²) in [5.74, 6) is 0.0257. The summed E-state index contributed by atoms with van der Waals surface area (Å²) < 4.78 is 1.42. The van der Waals surface area contributed by atoms with Gasteiger partial charge in [-0.15, -0.1) is 11.3 Å². The van der Waals surface area contributed by atoms with Crippen LogP contribution in [0.25, 0.3) is 0 Å². The van der Waals surface area contributed by atoms with Gasteiger partial charge in [-0.3, -0.25) is 9.59 Å². The number of rotatable bonds is 4. The second-order valence-electron chi connectivity index (χ2n) is 7.46. The number of fused-ring (bicyclic) bond motifs is 1. The van der Waals surface area contributed by atoms with Gasteiger partial charge in [-0.2, -0.15) is 9.48 Å². The summed E-state index contributed by atoms with van der Waals surface area (Å²) in [5, 5.41) is 5.57. The Hall–Kier alpha value is -2.40. The topological polar surface area (TPSA) is 107 Å². The highest BCUT2D eigenvalue weighted by atomic mass is 32.2. The molecule has 11 heteroatoms. The number of nitrogens with zero attached hydrogens (tertiary/aromatic N) is 5. The maximum Gasteiger partial charge on any atom is 0.445 e. The van der Waals surface area contributed by atoms with E-state index >= 15 is 0 Å². The third-order valence-electron chi connectivity index (χ3n) is 5.45. The molecule has 1 fully saturated rings. The van der Waals surface area contributed by atoms with Crippen LogP contribution in [0.5, 0.6) is 0 Å². The molecular formula is C19H23N6O3S2+. The zero-order valence-electron chi connectivity index (χ0n) is 16.8. The van der Waals surface area contributed by atoms with Gasteiger partial charge in [0.25, 0.3) is 5.84 Å². The van der Waals surface area contributed by atoms with Crippen molar-refractivity contribution in [3.63, 3.8) is 0 Å². The first kappa shape index (κ1) is 20.9. The number of anilines is 1. The van der Waals surface area contributed by atoms with Gasteiger partial charge < -0.3 is 5.32 Å². The Bertz CT molecular complexity index is 963. The van der Waals surface area contributed by atoms with Crippen molar-refractivity contribution < 1.29 is 19.0 Å². The van der Waals surface area contributed by atoms with Gasteiger partial charge in [0.15, 0.2) is 11.0 Å². The Morgan fingerprint density at radius 1 is 1.30 bits per heavy atom. The lowest BCUT2D eigenvalue weighted by Crippen LogP contribution is -2.55. The Morgan fingerprint density at radius 2 is 2.07 bits per heavy atom. The maximum atomic E-state index is 12.9. The number of hydrogen-bond donors (Lipinski definition) is 1. The molecule has 4 amide bonds. The van der Waals surface area contributed by atoms with E-state index in [1.807, 2.05) is 0 Å². The highest BCUT2D eigenvalue weighted by Gasteiger charge is 2.49. The van der Waals surface area contributed by atoms with Crippen LogP contribution in [0.1, 0.15) is 32.1 Å². The second kappa shape index (κ2) is 8.76. The highest BCUT2D eigenvalue weighted by Crippen LogP contribution is 2.31. The van der Waals surface area contributed by atoms with E-state index in [9.17, 15) is 14.4 Å². The molecule has 1 aromatic heterocycles. The SMILES string of the molecule is CN1C(=O)C2C(SCC(=O)Nc3nccs3)=NC(C3CCCCC3)=NC2=[N+](C)C1=O. The van der Waals surface area contributed by atoms with Gasteiger partial charge in [-0.05, 0) is 12.8 Å². The van der Waals surface area contributed by atoms with Gasteiger partial charge in [0, 0.05) is 17.5 Å². The van der Waals surface area contributed by atoms with Crippen molar-refractivity contribution in [2.24, 2.45) is 21.8 Å². The molecule has 30 heavy (non-hydrogen) atoms. The Kier molecular flexibility index (Phi) is 6.09. The van der Waals surface area contributed by atoms with Crippen LogP contribution >= 0.6 is 23.1 Å². The third kappa shape index (κ3) is 4.08. The van der Waals surface area contributed by atoms with Crippen LogP contribution in [0, 0.1) is 11.8 Å². The lowest BCUT2D eigenvalue weighted by atomic mass is 9.88. The summed E-state index contributed by atoms with van der Waals surface area (Å²) >= 11 is 2.56. The lowest BCUT2D eigenvalue weighted by molar-refractivity contribution is -0.407. The molecule has 158 valence electrons. The summed E-state index contributed by atoms with van der Waals surface area (Å²) in [6.45, 7) is 0. The summed E-state index contributed by atoms with van der Waals surface area (Å²) in [7, 11) is 3.08. The third-order valence-corrected chi connectivity index (χ3v) is 7.17. The van der Waals surface area contributed by atoms with Crippen molar-refractivity contribution in [1.82, 2.24) is 9.88 Å². The van der Waals surface area contributed by atoms with Gasteiger partial charge in [-0.1, -0.05) is 36.0 Å². The largest absolute Gasteiger partial charge is 0.445 e. The molecular weight excluding hydrogens is 424 g/mol. The number of aliphatic imine (C=N–C) groups is 2. The monoisotopic (exact) mass is 447 g/mol. The van der Waals surface area contributed by atoms with Crippen LogP contribution in [-0.4, -0.2) is 68.9 Å². The highest BCUT2D eigenvalue weighted by molar-refractivity contribution is 8.14. The van der Waals surface area contributed by atoms with Crippen LogP contribution in [0.15, 0.2) is 21.6 Å². The number of carbonyl (C=O) groups is 3. The lowest BCUT2D eigenvalue weighted by Gasteiger charge is -2.28. The minimum Gasteiger partial charge on any atom is -0.301 e. The molecule has 1 unspecified atom stereocenters. The first-order valence-electron chi connectivity index (χ1n) is 9.87. The smallest absolute Gasteiger partial charge is 0.301 e. The molecule has 4 rings (SSSR count). The van der Waals surface area contributed by atoms with Crippen LogP contribution < -0.4 is 5.32 Å². The molecule has 2 aliphatic heterocycles. The first-order chi connectivity index (χ1) is 14.5. The molecule has 1 atom stereocenters. The molecule has 0 bridgehead atoms. The van der Waals surface area contributed by atoms with Gasteiger partial charge in [-0.25, -0.2) is 14.8 Å². The number of hydrogen-bond acceptors (Lipinski definition) is 8. The molecule has 0 radical (unpaired) electrons. The van der Waals surface area contributed by atoms with Crippen LogP contribution in [0.4, 0.5) is 9.93 Å². The number of urea groups is 1. The van der Waals surface area contributed by atoms with Gasteiger partial charge >= 0.3 is 11.9 Å². The molecule has 1 N–H and O–H groups in total. The number of amides is 4. The fourth-order valence-electron chi connectivity index (χ4n) is 3.83. The number of thioether (sulfide) groups is 1. The molecule has 1 aromatic rings. The van der Waals surface area contributed by atoms with E-state index in [-0.39, 0.29) is 23.5 Å². The summed E-state index contributed by atoms with van der Waals surface area (Å²) in [4.78, 5) is 52.2. The molecule has 3 aliphatic rings. The van der Waals surface area contributed by atoms with E-state index in [0.29, 0.717) is 21.8 Å². The summed E-state index contributed by atoms with van der Waals surface area (Å²) in [5.41, 5.74) is 0. The van der Waals surface area contributed by atoms with Crippen molar-refractivity contribution >= 4 is 62.8 Å². The Morgan fingerprint density at radius 3 is 2.77 bits per heavy atom. The van der Waals surface area contributed by atoms with Crippen molar-refractivity contribution in [2.75, 3.05) is 25.2 Å². The molecule has 0 saturated heterocycles. The van der Waals surface area contributed by atoms with Gasteiger partial charge in [0.1, 0.15) is 5.04 Å². The van der Waals surface area contributed by atoms with Crippen molar-refractivity contribution in [1.29, 1.82) is 0 Å². The first-order valence-corrected chi connectivity index (χ1v) is 11.7. The Balaban J connectivity index is 1.61. The fourth-order valence-corrected chi connectivity index (χ4v) is 5.26. The maximum absolute atomic E-state index is 12.9. The number of thiazole rings is 1. The number of aromatic nitrogens is 1. The zero-order valence-corrected chi connectivity index (χ0v) is 18.5. The predicted molar refractivity (Wildman–Crippen MR) is 117 cm³/mol. The normalized spacial score (nSPS) is 22.6. The second-order valence-corrected chi connectivity index (χ2v) is 9.35. The van der Waals surface area contributed by atoms with E-state index in [0.717, 1.165) is 30.6 Å². The molecule has 1 saturated carbocycles. The zero-order chi connectivity index (χ0) is 21.3. The minimum atomic E-state index is -0.761. The average Bonchev–Trinajstić information content (AvgIpc) is 3.27. The molecule has 9 nitrogen and oxygen atoms in total. The fraction of sp³-hybridized carbons (Fsp3) is 0.526. The standard InChI is InChI=1S/C19H22N6O3S2/c1-24-15-13(17(27)25(2)19(24)28)16(23-14(22-15)11-6-4-3-5-7-11)30-10-12(26)21-18-20-8-9-29-18/h8-9,11,13H,3-7,10H2,1-2H3/p+1. The average molecular weight is 448 g/mol. The van der Waals surface area contributed by atoms with Crippen molar-refractivity contribution in [2.45, 2.75) is 32.1 Å². The number of nitrogens with one attached hydrogen (secondary N) is 1.